The maximum absolute atomic E-state index is 6.17. The molecular formula is C14H24N2. The summed E-state index contributed by atoms with van der Waals surface area (Å²) in [6.45, 7) is 7.83. The molecule has 1 rings (SSSR count). The van der Waals surface area contributed by atoms with Crippen LogP contribution in [0.2, 0.25) is 0 Å². The Morgan fingerprint density at radius 1 is 1.12 bits per heavy atom. The van der Waals surface area contributed by atoms with E-state index >= 15 is 0 Å². The summed E-state index contributed by atoms with van der Waals surface area (Å²) in [5.41, 5.74) is 7.41. The first-order chi connectivity index (χ1) is 7.77. The van der Waals surface area contributed by atoms with Crippen molar-refractivity contribution in [3.63, 3.8) is 0 Å². The highest BCUT2D eigenvalue weighted by Crippen LogP contribution is 2.13. The number of hydrogen-bond donors (Lipinski definition) is 1. The van der Waals surface area contributed by atoms with Gasteiger partial charge in [0.1, 0.15) is 0 Å². The van der Waals surface area contributed by atoms with Crippen LogP contribution in [0.1, 0.15) is 38.3 Å². The topological polar surface area (TPSA) is 29.3 Å². The van der Waals surface area contributed by atoms with Gasteiger partial charge in [-0.15, -0.1) is 0 Å². The van der Waals surface area contributed by atoms with E-state index in [4.69, 9.17) is 5.73 Å². The molecule has 0 fully saturated rings. The first-order valence-corrected chi connectivity index (χ1v) is 6.30. The van der Waals surface area contributed by atoms with Gasteiger partial charge in [0, 0.05) is 6.04 Å². The molecular weight excluding hydrogens is 196 g/mol. The van der Waals surface area contributed by atoms with Crippen molar-refractivity contribution < 1.29 is 0 Å². The maximum atomic E-state index is 6.17. The lowest BCUT2D eigenvalue weighted by Gasteiger charge is -2.21. The molecule has 0 aliphatic carbocycles. The summed E-state index contributed by atoms with van der Waals surface area (Å²) < 4.78 is 0. The Kier molecular flexibility index (Phi) is 6.12. The molecule has 0 aliphatic rings. The number of rotatable bonds is 7. The second kappa shape index (κ2) is 7.42. The second-order valence-corrected chi connectivity index (χ2v) is 4.24. The fraction of sp³-hybridized carbons (Fsp3) is 0.571. The van der Waals surface area contributed by atoms with Crippen LogP contribution >= 0.6 is 0 Å². The highest BCUT2D eigenvalue weighted by atomic mass is 15.1. The normalized spacial score (nSPS) is 13.0. The molecule has 90 valence electrons. The third kappa shape index (κ3) is 4.33. The Labute approximate surface area is 99.5 Å². The highest BCUT2D eigenvalue weighted by molar-refractivity contribution is 5.18. The van der Waals surface area contributed by atoms with Gasteiger partial charge in [0.05, 0.1) is 0 Å². The molecule has 0 aliphatic heterocycles. The average Bonchev–Trinajstić information content (AvgIpc) is 2.35. The molecule has 1 aromatic carbocycles. The van der Waals surface area contributed by atoms with Crippen molar-refractivity contribution in [3.8, 4) is 0 Å². The zero-order chi connectivity index (χ0) is 11.8. The molecule has 1 aromatic rings. The Balaban J connectivity index is 2.37. The molecule has 0 radical (unpaired) electrons. The molecule has 0 saturated carbocycles. The summed E-state index contributed by atoms with van der Waals surface area (Å²) in [6.07, 6.45) is 2.26. The fourth-order valence-electron chi connectivity index (χ4n) is 1.93. The fourth-order valence-corrected chi connectivity index (χ4v) is 1.93. The molecule has 2 N–H and O–H groups in total. The van der Waals surface area contributed by atoms with Gasteiger partial charge in [-0.2, -0.15) is 0 Å². The van der Waals surface area contributed by atoms with Crippen molar-refractivity contribution in [2.75, 3.05) is 19.6 Å². The Hall–Kier alpha value is -0.860. The summed E-state index contributed by atoms with van der Waals surface area (Å²) >= 11 is 0. The van der Waals surface area contributed by atoms with Crippen LogP contribution in [-0.4, -0.2) is 24.5 Å². The first-order valence-electron chi connectivity index (χ1n) is 6.30. The molecule has 2 heteroatoms. The van der Waals surface area contributed by atoms with Crippen LogP contribution in [0.25, 0.3) is 0 Å². The summed E-state index contributed by atoms with van der Waals surface area (Å²) in [7, 11) is 0. The molecule has 2 nitrogen and oxygen atoms in total. The quantitative estimate of drug-likeness (QED) is 0.765. The van der Waals surface area contributed by atoms with E-state index in [9.17, 15) is 0 Å². The molecule has 0 spiro atoms. The van der Waals surface area contributed by atoms with E-state index in [-0.39, 0.29) is 6.04 Å². The number of nitrogens with zero attached hydrogens (tertiary/aromatic N) is 1. The van der Waals surface area contributed by atoms with E-state index in [0.29, 0.717) is 0 Å². The average molecular weight is 220 g/mol. The van der Waals surface area contributed by atoms with Crippen LogP contribution in [0.5, 0.6) is 0 Å². The van der Waals surface area contributed by atoms with E-state index in [1.54, 1.807) is 0 Å². The highest BCUT2D eigenvalue weighted by Gasteiger charge is 2.07. The summed E-state index contributed by atoms with van der Waals surface area (Å²) in [5.74, 6) is 0. The summed E-state index contributed by atoms with van der Waals surface area (Å²) in [6, 6.07) is 10.5. The summed E-state index contributed by atoms with van der Waals surface area (Å²) in [5, 5.41) is 0. The third-order valence-electron chi connectivity index (χ3n) is 2.97. The van der Waals surface area contributed by atoms with E-state index in [2.05, 4.69) is 43.0 Å². The zero-order valence-electron chi connectivity index (χ0n) is 10.5. The van der Waals surface area contributed by atoms with Gasteiger partial charge in [0.15, 0.2) is 0 Å². The minimum Gasteiger partial charge on any atom is -0.324 e. The van der Waals surface area contributed by atoms with E-state index in [1.807, 2.05) is 6.07 Å². The number of hydrogen-bond acceptors (Lipinski definition) is 2. The van der Waals surface area contributed by atoms with Gasteiger partial charge in [-0.25, -0.2) is 0 Å². The maximum Gasteiger partial charge on any atom is 0.0307 e. The predicted molar refractivity (Wildman–Crippen MR) is 70.4 cm³/mol. The molecule has 0 heterocycles. The standard InChI is InChI=1S/C14H24N2/c1-3-11-16(4-2)12-10-14(15)13-8-6-5-7-9-13/h5-9,14H,3-4,10-12,15H2,1-2H3. The van der Waals surface area contributed by atoms with Crippen LogP contribution in [0, 0.1) is 0 Å². The molecule has 1 atom stereocenters. The minimum absolute atomic E-state index is 0.173. The largest absolute Gasteiger partial charge is 0.324 e. The van der Waals surface area contributed by atoms with Crippen LogP contribution in [0.4, 0.5) is 0 Å². The summed E-state index contributed by atoms with van der Waals surface area (Å²) in [4.78, 5) is 2.46. The van der Waals surface area contributed by atoms with Crippen LogP contribution in [-0.2, 0) is 0 Å². The number of benzene rings is 1. The Bertz CT molecular complexity index is 271. The van der Waals surface area contributed by atoms with Crippen molar-refractivity contribution in [1.82, 2.24) is 4.90 Å². The second-order valence-electron chi connectivity index (χ2n) is 4.24. The zero-order valence-corrected chi connectivity index (χ0v) is 10.5. The lowest BCUT2D eigenvalue weighted by molar-refractivity contribution is 0.277. The minimum atomic E-state index is 0.173. The van der Waals surface area contributed by atoms with Crippen LogP contribution in [0.15, 0.2) is 30.3 Å². The lowest BCUT2D eigenvalue weighted by atomic mass is 10.0. The van der Waals surface area contributed by atoms with E-state index in [1.165, 1.54) is 18.5 Å². The first kappa shape index (κ1) is 13.2. The van der Waals surface area contributed by atoms with E-state index < -0.39 is 0 Å². The Morgan fingerprint density at radius 3 is 2.38 bits per heavy atom. The van der Waals surface area contributed by atoms with Crippen molar-refractivity contribution in [2.45, 2.75) is 32.7 Å². The predicted octanol–water partition coefficient (Wildman–Crippen LogP) is 2.81. The Morgan fingerprint density at radius 2 is 1.81 bits per heavy atom. The molecule has 0 aromatic heterocycles. The van der Waals surface area contributed by atoms with Crippen molar-refractivity contribution in [2.24, 2.45) is 5.73 Å². The van der Waals surface area contributed by atoms with Gasteiger partial charge >= 0.3 is 0 Å². The number of nitrogens with two attached hydrogens (primary N) is 1. The third-order valence-corrected chi connectivity index (χ3v) is 2.97. The van der Waals surface area contributed by atoms with Gasteiger partial charge in [0.2, 0.25) is 0 Å². The monoisotopic (exact) mass is 220 g/mol. The van der Waals surface area contributed by atoms with Gasteiger partial charge in [-0.1, -0.05) is 44.2 Å². The molecule has 0 bridgehead atoms. The van der Waals surface area contributed by atoms with Gasteiger partial charge < -0.3 is 10.6 Å². The lowest BCUT2D eigenvalue weighted by Crippen LogP contribution is -2.28. The SMILES string of the molecule is CCCN(CC)CCC(N)c1ccccc1. The molecule has 16 heavy (non-hydrogen) atoms. The smallest absolute Gasteiger partial charge is 0.0307 e. The van der Waals surface area contributed by atoms with Crippen molar-refractivity contribution in [1.29, 1.82) is 0 Å². The van der Waals surface area contributed by atoms with Crippen molar-refractivity contribution in [3.05, 3.63) is 35.9 Å². The van der Waals surface area contributed by atoms with Crippen LogP contribution < -0.4 is 5.73 Å². The van der Waals surface area contributed by atoms with E-state index in [0.717, 1.165) is 19.5 Å². The van der Waals surface area contributed by atoms with Gasteiger partial charge in [-0.3, -0.25) is 0 Å². The van der Waals surface area contributed by atoms with Crippen molar-refractivity contribution >= 4 is 0 Å². The molecule has 0 amide bonds. The molecule has 0 saturated heterocycles. The van der Waals surface area contributed by atoms with Crippen LogP contribution in [0.3, 0.4) is 0 Å². The van der Waals surface area contributed by atoms with Gasteiger partial charge in [-0.05, 0) is 38.0 Å². The molecule has 1 unspecified atom stereocenters. The van der Waals surface area contributed by atoms with Gasteiger partial charge in [0.25, 0.3) is 0 Å².